The number of ether oxygens (including phenoxy) is 1. The Hall–Kier alpha value is -2.65. The van der Waals surface area contributed by atoms with Crippen molar-refractivity contribution in [2.45, 2.75) is 44.8 Å². The lowest BCUT2D eigenvalue weighted by Gasteiger charge is -2.15. The molecule has 0 unspecified atom stereocenters. The third-order valence-corrected chi connectivity index (χ3v) is 8.00. The molecule has 210 valence electrons. The molecule has 0 saturated heterocycles. The largest absolute Gasteiger partial charge is 0.416 e. The number of H-pyrrole nitrogens is 1. The zero-order valence-electron chi connectivity index (χ0n) is 21.4. The molecule has 4 rings (SSSR count). The minimum atomic E-state index is -4.36. The van der Waals surface area contributed by atoms with Gasteiger partial charge in [-0.3, -0.25) is 0 Å². The van der Waals surface area contributed by atoms with E-state index in [1.165, 1.54) is 24.7 Å². The number of aromatic amines is 1. The highest BCUT2D eigenvalue weighted by molar-refractivity contribution is 14.1. The second-order valence-electron chi connectivity index (χ2n) is 9.84. The fourth-order valence-corrected chi connectivity index (χ4v) is 4.59. The number of rotatable bonds is 7. The number of hydrogen-bond donors (Lipinski definition) is 1. The van der Waals surface area contributed by atoms with Gasteiger partial charge in [0.25, 0.3) is 0 Å². The second-order valence-corrected chi connectivity index (χ2v) is 16.4. The lowest BCUT2D eigenvalue weighted by Crippen LogP contribution is -2.22. The van der Waals surface area contributed by atoms with Gasteiger partial charge in [-0.1, -0.05) is 43.9 Å². The van der Waals surface area contributed by atoms with E-state index in [2.05, 4.69) is 57.2 Å². The third kappa shape index (κ3) is 9.49. The van der Waals surface area contributed by atoms with Crippen LogP contribution in [0, 0.1) is 3.83 Å². The number of halogens is 7. The molecule has 39 heavy (non-hydrogen) atoms. The van der Waals surface area contributed by atoms with Gasteiger partial charge < -0.3 is 14.3 Å². The molecule has 4 aromatic rings. The van der Waals surface area contributed by atoms with Crippen LogP contribution in [0.1, 0.15) is 11.1 Å². The maximum atomic E-state index is 12.8. The lowest BCUT2D eigenvalue weighted by atomic mass is 10.1. The first kappa shape index (κ1) is 30.9. The molecule has 2 heterocycles. The molecule has 2 aromatic heterocycles. The minimum absolute atomic E-state index is 0.356. The van der Waals surface area contributed by atoms with Crippen molar-refractivity contribution < 1.29 is 31.1 Å². The first-order valence-electron chi connectivity index (χ1n) is 11.8. The van der Waals surface area contributed by atoms with E-state index in [0.29, 0.717) is 39.7 Å². The summed E-state index contributed by atoms with van der Waals surface area (Å²) in [4.78, 5) is 10.8. The van der Waals surface area contributed by atoms with Crippen LogP contribution in [0.5, 0.6) is 0 Å². The zero-order valence-corrected chi connectivity index (χ0v) is 24.5. The number of nitrogens with zero attached hydrogens (tertiary/aromatic N) is 3. The number of aromatic nitrogens is 4. The molecule has 0 atom stereocenters. The Labute approximate surface area is 236 Å². The van der Waals surface area contributed by atoms with Crippen molar-refractivity contribution in [3.8, 4) is 22.5 Å². The van der Waals surface area contributed by atoms with Crippen molar-refractivity contribution in [2.75, 3.05) is 6.61 Å². The molecule has 13 heteroatoms. The van der Waals surface area contributed by atoms with E-state index in [1.807, 2.05) is 0 Å². The Morgan fingerprint density at radius 1 is 0.923 bits per heavy atom. The predicted octanol–water partition coefficient (Wildman–Crippen LogP) is 8.58. The predicted molar refractivity (Wildman–Crippen MR) is 149 cm³/mol. The van der Waals surface area contributed by atoms with Crippen LogP contribution in [0.25, 0.3) is 22.5 Å². The maximum absolute atomic E-state index is 12.8. The SMILES string of the molecule is C[Si](C)(C)CCOCn1cc(-c2cccc(C(F)(F)F)c2)nc1I.FC(F)(F)c1cccc(-c2cnc[nH]2)c1. The second kappa shape index (κ2) is 12.7. The Morgan fingerprint density at radius 3 is 2.05 bits per heavy atom. The topological polar surface area (TPSA) is 55.7 Å². The molecule has 5 nitrogen and oxygen atoms in total. The van der Waals surface area contributed by atoms with Gasteiger partial charge >= 0.3 is 12.4 Å². The third-order valence-electron chi connectivity index (χ3n) is 5.44. The van der Waals surface area contributed by atoms with Crippen LogP contribution in [0.2, 0.25) is 25.7 Å². The van der Waals surface area contributed by atoms with Gasteiger partial charge in [0.15, 0.2) is 3.83 Å². The summed E-state index contributed by atoms with van der Waals surface area (Å²) in [6.45, 7) is 7.88. The molecule has 0 amide bonds. The number of nitrogens with one attached hydrogen (secondary N) is 1. The molecule has 0 fully saturated rings. The van der Waals surface area contributed by atoms with Crippen molar-refractivity contribution >= 4 is 30.7 Å². The summed E-state index contributed by atoms with van der Waals surface area (Å²) < 4.78 is 83.8. The normalized spacial score (nSPS) is 12.3. The number of alkyl halides is 6. The highest BCUT2D eigenvalue weighted by atomic mass is 127. The Morgan fingerprint density at radius 2 is 1.51 bits per heavy atom. The van der Waals surface area contributed by atoms with E-state index in [9.17, 15) is 26.3 Å². The van der Waals surface area contributed by atoms with Gasteiger partial charge in [0.05, 0.1) is 35.0 Å². The molecule has 0 aliphatic rings. The maximum Gasteiger partial charge on any atom is 0.416 e. The smallest absolute Gasteiger partial charge is 0.361 e. The molecule has 0 radical (unpaired) electrons. The zero-order chi connectivity index (χ0) is 28.8. The van der Waals surface area contributed by atoms with Crippen LogP contribution >= 0.6 is 22.6 Å². The van der Waals surface area contributed by atoms with Crippen LogP contribution in [-0.4, -0.2) is 34.2 Å². The Kier molecular flexibility index (Phi) is 10.0. The van der Waals surface area contributed by atoms with Crippen molar-refractivity contribution in [1.82, 2.24) is 19.5 Å². The molecule has 0 bridgehead atoms. The summed E-state index contributed by atoms with van der Waals surface area (Å²) in [7, 11) is -1.14. The van der Waals surface area contributed by atoms with Gasteiger partial charge in [-0.05, 0) is 30.3 Å². The molecule has 0 saturated carbocycles. The summed E-state index contributed by atoms with van der Waals surface area (Å²) in [5.41, 5.74) is 0.678. The highest BCUT2D eigenvalue weighted by Gasteiger charge is 2.31. The summed E-state index contributed by atoms with van der Waals surface area (Å²) in [6.07, 6.45) is -4.03. The van der Waals surface area contributed by atoms with Gasteiger partial charge in [-0.25, -0.2) is 9.97 Å². The highest BCUT2D eigenvalue weighted by Crippen LogP contribution is 2.33. The molecule has 2 aromatic carbocycles. The molecular weight excluding hydrogens is 653 g/mol. The van der Waals surface area contributed by atoms with Gasteiger partial charge in [-0.2, -0.15) is 26.3 Å². The van der Waals surface area contributed by atoms with Gasteiger partial charge in [-0.15, -0.1) is 0 Å². The Bertz CT molecular complexity index is 1350. The van der Waals surface area contributed by atoms with Gasteiger partial charge in [0.2, 0.25) is 0 Å². The molecule has 0 aliphatic carbocycles. The number of benzene rings is 2. The first-order chi connectivity index (χ1) is 18.1. The van der Waals surface area contributed by atoms with Crippen LogP contribution in [-0.2, 0) is 23.8 Å². The van der Waals surface area contributed by atoms with Crippen LogP contribution in [0.15, 0.2) is 67.3 Å². The van der Waals surface area contributed by atoms with E-state index in [0.717, 1.165) is 30.3 Å². The van der Waals surface area contributed by atoms with Crippen LogP contribution in [0.3, 0.4) is 0 Å². The summed E-state index contributed by atoms with van der Waals surface area (Å²) in [5, 5.41) is 0. The van der Waals surface area contributed by atoms with Crippen LogP contribution < -0.4 is 0 Å². The lowest BCUT2D eigenvalue weighted by molar-refractivity contribution is -0.138. The van der Waals surface area contributed by atoms with Gasteiger partial charge in [0.1, 0.15) is 6.73 Å². The summed E-state index contributed by atoms with van der Waals surface area (Å²) >= 11 is 2.06. The number of hydrogen-bond acceptors (Lipinski definition) is 3. The standard InChI is InChI=1S/C16H20F3IN2OSi.C10H7F3N2/c1-24(2,3)8-7-23-11-22-10-14(21-15(22)20)12-5-4-6-13(9-12)16(17,18)19;11-10(12,13)8-3-1-2-7(4-8)9-5-14-6-15-9/h4-6,9-10H,7-8,11H2,1-3H3;1-6H,(H,14,15). The molecule has 0 spiro atoms. The fraction of sp³-hybridized carbons (Fsp3) is 0.308. The summed E-state index contributed by atoms with van der Waals surface area (Å²) in [5.74, 6) is 0. The van der Waals surface area contributed by atoms with Crippen molar-refractivity contribution in [2.24, 2.45) is 0 Å². The minimum Gasteiger partial charge on any atom is -0.361 e. The van der Waals surface area contributed by atoms with E-state index >= 15 is 0 Å². The summed E-state index contributed by atoms with van der Waals surface area (Å²) in [6, 6.07) is 11.4. The average molecular weight is 681 g/mol. The fourth-order valence-electron chi connectivity index (χ4n) is 3.30. The van der Waals surface area contributed by atoms with E-state index < -0.39 is 31.6 Å². The van der Waals surface area contributed by atoms with E-state index in [1.54, 1.807) is 22.9 Å². The van der Waals surface area contributed by atoms with Crippen LogP contribution in [0.4, 0.5) is 26.3 Å². The molecular formula is C26H27F6IN4OSi. The molecule has 1 N–H and O–H groups in total. The van der Waals surface area contributed by atoms with E-state index in [-0.39, 0.29) is 0 Å². The van der Waals surface area contributed by atoms with Gasteiger partial charge in [0, 0.05) is 54.6 Å². The quantitative estimate of drug-likeness (QED) is 0.0922. The monoisotopic (exact) mass is 680 g/mol. The molecule has 0 aliphatic heterocycles. The van der Waals surface area contributed by atoms with Crippen molar-refractivity contribution in [3.05, 3.63) is 82.2 Å². The van der Waals surface area contributed by atoms with E-state index in [4.69, 9.17) is 4.74 Å². The van der Waals surface area contributed by atoms with Crippen molar-refractivity contribution in [1.29, 1.82) is 0 Å². The average Bonchev–Trinajstić information content (AvgIpc) is 3.51. The Balaban J connectivity index is 0.000000239. The first-order valence-corrected chi connectivity index (χ1v) is 16.6. The van der Waals surface area contributed by atoms with Crippen molar-refractivity contribution in [3.63, 3.8) is 0 Å². The number of imidazole rings is 2.